The van der Waals surface area contributed by atoms with Gasteiger partial charge in [0.1, 0.15) is 11.5 Å². The van der Waals surface area contributed by atoms with Crippen LogP contribution in [0.5, 0.6) is 0 Å². The Balaban J connectivity index is 1.93. The zero-order valence-electron chi connectivity index (χ0n) is 15.5. The second-order valence-electron chi connectivity index (χ2n) is 7.02. The Morgan fingerprint density at radius 1 is 1.29 bits per heavy atom. The molecule has 1 atom stereocenters. The van der Waals surface area contributed by atoms with Crippen LogP contribution in [0.2, 0.25) is 0 Å². The lowest BCUT2D eigenvalue weighted by Crippen LogP contribution is -2.54. The quantitative estimate of drug-likeness (QED) is 0.747. The van der Waals surface area contributed by atoms with Crippen molar-refractivity contribution in [3.63, 3.8) is 0 Å². The topological polar surface area (TPSA) is 57.0 Å². The molecule has 1 aromatic heterocycles. The van der Waals surface area contributed by atoms with Crippen molar-refractivity contribution in [2.75, 3.05) is 32.9 Å². The summed E-state index contributed by atoms with van der Waals surface area (Å²) in [6.07, 6.45) is 2.35. The van der Waals surface area contributed by atoms with Gasteiger partial charge in [0.05, 0.1) is 19.3 Å². The standard InChI is InChI=1S/C17H31N3O3S/c1-6-15-11-19(9-10-20(15)14(2)3)13-17-8-7-16(23-17)12-18(4)24(5,21)22/h7-8,14-15H,6,9-13H2,1-5H3/t15-/m0/s1. The van der Waals surface area contributed by atoms with Crippen LogP contribution in [-0.4, -0.2) is 67.5 Å². The minimum Gasteiger partial charge on any atom is -0.463 e. The molecule has 7 heteroatoms. The molecule has 0 N–H and O–H groups in total. The van der Waals surface area contributed by atoms with Crippen LogP contribution in [0.15, 0.2) is 16.5 Å². The smallest absolute Gasteiger partial charge is 0.211 e. The van der Waals surface area contributed by atoms with Crippen molar-refractivity contribution in [1.29, 1.82) is 0 Å². The largest absolute Gasteiger partial charge is 0.463 e. The van der Waals surface area contributed by atoms with Crippen LogP contribution in [0.25, 0.3) is 0 Å². The summed E-state index contributed by atoms with van der Waals surface area (Å²) in [6, 6.07) is 5.00. The minimum absolute atomic E-state index is 0.275. The van der Waals surface area contributed by atoms with Crippen LogP contribution >= 0.6 is 0 Å². The molecule has 0 amide bonds. The summed E-state index contributed by atoms with van der Waals surface area (Å²) in [4.78, 5) is 5.00. The third-order valence-electron chi connectivity index (χ3n) is 4.79. The van der Waals surface area contributed by atoms with E-state index in [2.05, 4.69) is 30.6 Å². The number of hydrogen-bond donors (Lipinski definition) is 0. The van der Waals surface area contributed by atoms with Crippen LogP contribution in [0.4, 0.5) is 0 Å². The van der Waals surface area contributed by atoms with Gasteiger partial charge in [-0.05, 0) is 32.4 Å². The van der Waals surface area contributed by atoms with E-state index in [1.165, 1.54) is 10.6 Å². The highest BCUT2D eigenvalue weighted by atomic mass is 32.2. The fraction of sp³-hybridized carbons (Fsp3) is 0.765. The summed E-state index contributed by atoms with van der Waals surface area (Å²) in [5.41, 5.74) is 0. The van der Waals surface area contributed by atoms with Gasteiger partial charge < -0.3 is 4.42 Å². The first kappa shape index (κ1) is 19.4. The molecule has 2 rings (SSSR count). The van der Waals surface area contributed by atoms with Crippen LogP contribution in [0.1, 0.15) is 38.7 Å². The number of sulfonamides is 1. The summed E-state index contributed by atoms with van der Waals surface area (Å²) in [7, 11) is -1.62. The average molecular weight is 358 g/mol. The molecule has 1 fully saturated rings. The molecule has 2 heterocycles. The summed E-state index contributed by atoms with van der Waals surface area (Å²) in [6.45, 7) is 11.0. The molecular formula is C17H31N3O3S. The summed E-state index contributed by atoms with van der Waals surface area (Å²) < 4.78 is 30.1. The highest BCUT2D eigenvalue weighted by Gasteiger charge is 2.27. The van der Waals surface area contributed by atoms with Gasteiger partial charge in [-0.3, -0.25) is 9.80 Å². The number of hydrogen-bond acceptors (Lipinski definition) is 5. The molecule has 0 bridgehead atoms. The number of furan rings is 1. The lowest BCUT2D eigenvalue weighted by atomic mass is 10.1. The van der Waals surface area contributed by atoms with E-state index in [-0.39, 0.29) is 6.54 Å². The van der Waals surface area contributed by atoms with E-state index < -0.39 is 10.0 Å². The molecule has 1 aliphatic heterocycles. The van der Waals surface area contributed by atoms with Gasteiger partial charge in [-0.15, -0.1) is 0 Å². The maximum atomic E-state index is 11.5. The monoisotopic (exact) mass is 357 g/mol. The highest BCUT2D eigenvalue weighted by Crippen LogP contribution is 2.19. The van der Waals surface area contributed by atoms with Crippen LogP contribution in [0, 0.1) is 0 Å². The predicted octanol–water partition coefficient (Wildman–Crippen LogP) is 1.98. The van der Waals surface area contributed by atoms with Crippen molar-refractivity contribution in [1.82, 2.24) is 14.1 Å². The van der Waals surface area contributed by atoms with Crippen LogP contribution < -0.4 is 0 Å². The SMILES string of the molecule is CC[C@H]1CN(Cc2ccc(CN(C)S(C)(=O)=O)o2)CCN1C(C)C. The Kier molecular flexibility index (Phi) is 6.47. The first-order valence-electron chi connectivity index (χ1n) is 8.67. The van der Waals surface area contributed by atoms with Gasteiger partial charge in [0, 0.05) is 38.8 Å². The molecule has 0 aliphatic carbocycles. The fourth-order valence-electron chi connectivity index (χ4n) is 3.27. The van der Waals surface area contributed by atoms with Crippen LogP contribution in [-0.2, 0) is 23.1 Å². The van der Waals surface area contributed by atoms with Crippen molar-refractivity contribution >= 4 is 10.0 Å². The maximum absolute atomic E-state index is 11.5. The summed E-state index contributed by atoms with van der Waals surface area (Å²) in [5, 5.41) is 0. The van der Waals surface area contributed by atoms with E-state index in [9.17, 15) is 8.42 Å². The average Bonchev–Trinajstić information content (AvgIpc) is 2.92. The highest BCUT2D eigenvalue weighted by molar-refractivity contribution is 7.88. The zero-order valence-corrected chi connectivity index (χ0v) is 16.3. The van der Waals surface area contributed by atoms with Gasteiger partial charge in [-0.25, -0.2) is 8.42 Å². The lowest BCUT2D eigenvalue weighted by molar-refractivity contribution is 0.0424. The number of rotatable bonds is 7. The van der Waals surface area contributed by atoms with E-state index in [4.69, 9.17) is 4.42 Å². The van der Waals surface area contributed by atoms with Crippen molar-refractivity contribution in [3.05, 3.63) is 23.7 Å². The Bertz CT molecular complexity index is 627. The van der Waals surface area contributed by atoms with Gasteiger partial charge in [0.15, 0.2) is 0 Å². The van der Waals surface area contributed by atoms with Gasteiger partial charge in [0.2, 0.25) is 10.0 Å². The van der Waals surface area contributed by atoms with Crippen molar-refractivity contribution < 1.29 is 12.8 Å². The molecule has 0 aromatic carbocycles. The van der Waals surface area contributed by atoms with Gasteiger partial charge in [-0.1, -0.05) is 6.92 Å². The third-order valence-corrected chi connectivity index (χ3v) is 6.05. The number of piperazine rings is 1. The molecular weight excluding hydrogens is 326 g/mol. The Labute approximate surface area is 146 Å². The zero-order chi connectivity index (χ0) is 17.9. The van der Waals surface area contributed by atoms with Gasteiger partial charge in [-0.2, -0.15) is 4.31 Å². The lowest BCUT2D eigenvalue weighted by Gasteiger charge is -2.43. The molecule has 138 valence electrons. The van der Waals surface area contributed by atoms with E-state index in [0.717, 1.165) is 38.4 Å². The van der Waals surface area contributed by atoms with Crippen molar-refractivity contribution in [2.45, 2.75) is 52.4 Å². The van der Waals surface area contributed by atoms with Crippen LogP contribution in [0.3, 0.4) is 0 Å². The van der Waals surface area contributed by atoms with Crippen molar-refractivity contribution in [2.24, 2.45) is 0 Å². The minimum atomic E-state index is -3.19. The second-order valence-corrected chi connectivity index (χ2v) is 9.11. The molecule has 1 aliphatic rings. The molecule has 0 saturated carbocycles. The Hall–Kier alpha value is -0.890. The molecule has 0 unspecified atom stereocenters. The second kappa shape index (κ2) is 7.99. The molecule has 1 aromatic rings. The Morgan fingerprint density at radius 3 is 2.54 bits per heavy atom. The molecule has 1 saturated heterocycles. The normalized spacial score (nSPS) is 21.0. The number of nitrogens with zero attached hydrogens (tertiary/aromatic N) is 3. The summed E-state index contributed by atoms with van der Waals surface area (Å²) >= 11 is 0. The molecule has 24 heavy (non-hydrogen) atoms. The maximum Gasteiger partial charge on any atom is 0.211 e. The fourth-order valence-corrected chi connectivity index (χ4v) is 3.63. The first-order chi connectivity index (χ1) is 11.2. The molecule has 6 nitrogen and oxygen atoms in total. The van der Waals surface area contributed by atoms with E-state index in [0.29, 0.717) is 17.8 Å². The van der Waals surface area contributed by atoms with E-state index in [1.807, 2.05) is 12.1 Å². The van der Waals surface area contributed by atoms with E-state index >= 15 is 0 Å². The van der Waals surface area contributed by atoms with Gasteiger partial charge in [0.25, 0.3) is 0 Å². The van der Waals surface area contributed by atoms with Crippen molar-refractivity contribution in [3.8, 4) is 0 Å². The molecule has 0 radical (unpaired) electrons. The Morgan fingerprint density at radius 2 is 1.96 bits per heavy atom. The summed E-state index contributed by atoms with van der Waals surface area (Å²) in [5.74, 6) is 1.59. The third kappa shape index (κ3) is 5.05. The van der Waals surface area contributed by atoms with E-state index in [1.54, 1.807) is 7.05 Å². The first-order valence-corrected chi connectivity index (χ1v) is 10.5. The predicted molar refractivity (Wildman–Crippen MR) is 96.2 cm³/mol. The molecule has 0 spiro atoms. The van der Waals surface area contributed by atoms with Gasteiger partial charge >= 0.3 is 0 Å².